The zero-order chi connectivity index (χ0) is 9.26. The molecule has 2 aromatic rings. The molecule has 0 saturated carbocycles. The van der Waals surface area contributed by atoms with Crippen molar-refractivity contribution in [3.8, 4) is 11.3 Å². The summed E-state index contributed by atoms with van der Waals surface area (Å²) in [6.07, 6.45) is 0. The van der Waals surface area contributed by atoms with Gasteiger partial charge in [0.05, 0.1) is 0 Å². The van der Waals surface area contributed by atoms with E-state index in [0.717, 1.165) is 15.7 Å². The molecule has 0 atom stereocenters. The van der Waals surface area contributed by atoms with Crippen LogP contribution in [-0.2, 0) is 0 Å². The summed E-state index contributed by atoms with van der Waals surface area (Å²) in [6, 6.07) is 9.46. The van der Waals surface area contributed by atoms with Crippen LogP contribution in [0.5, 0.6) is 0 Å². The van der Waals surface area contributed by atoms with Crippen LogP contribution in [0, 0.1) is 0 Å². The van der Waals surface area contributed by atoms with Crippen LogP contribution < -0.4 is 5.73 Å². The number of aromatic nitrogens is 1. The lowest BCUT2D eigenvalue weighted by Crippen LogP contribution is -1.78. The Morgan fingerprint density at radius 2 is 2.08 bits per heavy atom. The Morgan fingerprint density at radius 3 is 2.69 bits per heavy atom. The Bertz CT molecular complexity index is 425. The van der Waals surface area contributed by atoms with Crippen molar-refractivity contribution in [2.45, 2.75) is 0 Å². The van der Waals surface area contributed by atoms with Crippen LogP contribution in [0.1, 0.15) is 0 Å². The Balaban J connectivity index is 2.52. The highest BCUT2D eigenvalue weighted by atomic mass is 79.9. The number of hydrogen-bond acceptors (Lipinski definition) is 3. The summed E-state index contributed by atoms with van der Waals surface area (Å²) in [5.74, 6) is 0.325. The molecule has 66 valence electrons. The smallest absolute Gasteiger partial charge is 0.222 e. The monoisotopic (exact) mass is 238 g/mol. The van der Waals surface area contributed by atoms with Crippen LogP contribution in [0.2, 0.25) is 0 Å². The Hall–Kier alpha value is -1.29. The van der Waals surface area contributed by atoms with Crippen LogP contribution in [0.4, 0.5) is 5.88 Å². The van der Waals surface area contributed by atoms with Gasteiger partial charge >= 0.3 is 0 Å². The van der Waals surface area contributed by atoms with Gasteiger partial charge < -0.3 is 10.3 Å². The zero-order valence-corrected chi connectivity index (χ0v) is 8.28. The fraction of sp³-hybridized carbons (Fsp3) is 0. The van der Waals surface area contributed by atoms with Crippen LogP contribution in [-0.4, -0.2) is 5.16 Å². The van der Waals surface area contributed by atoms with Crippen LogP contribution in [0.25, 0.3) is 11.3 Å². The van der Waals surface area contributed by atoms with E-state index >= 15 is 0 Å². The lowest BCUT2D eigenvalue weighted by Gasteiger charge is -1.96. The van der Waals surface area contributed by atoms with Crippen LogP contribution >= 0.6 is 15.9 Å². The summed E-state index contributed by atoms with van der Waals surface area (Å²) in [5, 5.41) is 3.82. The second-order valence-corrected chi connectivity index (χ2v) is 3.45. The maximum Gasteiger partial charge on any atom is 0.222 e. The number of halogens is 1. The molecule has 4 heteroatoms. The van der Waals surface area contributed by atoms with Gasteiger partial charge in [-0.05, 0) is 6.07 Å². The quantitative estimate of drug-likeness (QED) is 0.832. The third-order valence-corrected chi connectivity index (χ3v) is 2.37. The van der Waals surface area contributed by atoms with Crippen molar-refractivity contribution in [3.05, 3.63) is 34.8 Å². The van der Waals surface area contributed by atoms with E-state index in [9.17, 15) is 0 Å². The summed E-state index contributed by atoms with van der Waals surface area (Å²) in [7, 11) is 0. The normalized spacial score (nSPS) is 10.2. The number of benzene rings is 1. The first-order chi connectivity index (χ1) is 6.27. The topological polar surface area (TPSA) is 52.0 Å². The molecule has 13 heavy (non-hydrogen) atoms. The lowest BCUT2D eigenvalue weighted by atomic mass is 10.2. The summed E-state index contributed by atoms with van der Waals surface area (Å²) in [4.78, 5) is 0. The Labute approximate surface area is 83.7 Å². The van der Waals surface area contributed by atoms with Gasteiger partial charge in [-0.15, -0.1) is 0 Å². The van der Waals surface area contributed by atoms with E-state index in [1.54, 1.807) is 6.07 Å². The molecule has 0 bridgehead atoms. The molecule has 0 aliphatic rings. The molecule has 0 fully saturated rings. The number of nitrogens with two attached hydrogens (primary N) is 1. The average molecular weight is 239 g/mol. The van der Waals surface area contributed by atoms with Gasteiger partial charge in [0.15, 0.2) is 0 Å². The van der Waals surface area contributed by atoms with E-state index in [4.69, 9.17) is 10.3 Å². The minimum Gasteiger partial charge on any atom is -0.368 e. The number of nitrogens with zero attached hydrogens (tertiary/aromatic N) is 1. The summed E-state index contributed by atoms with van der Waals surface area (Å²) in [5.41, 5.74) is 7.14. The van der Waals surface area contributed by atoms with Gasteiger partial charge in [0.2, 0.25) is 5.88 Å². The first-order valence-corrected chi connectivity index (χ1v) is 4.54. The van der Waals surface area contributed by atoms with Gasteiger partial charge in [-0.2, -0.15) is 0 Å². The van der Waals surface area contributed by atoms with E-state index < -0.39 is 0 Å². The molecular formula is C9H7BrN2O. The van der Waals surface area contributed by atoms with Crippen LogP contribution in [0.3, 0.4) is 0 Å². The van der Waals surface area contributed by atoms with Gasteiger partial charge in [-0.1, -0.05) is 39.3 Å². The first-order valence-electron chi connectivity index (χ1n) is 3.74. The Morgan fingerprint density at radius 1 is 1.31 bits per heavy atom. The molecule has 0 radical (unpaired) electrons. The molecule has 1 heterocycles. The van der Waals surface area contributed by atoms with Crippen molar-refractivity contribution in [2.24, 2.45) is 0 Å². The maximum absolute atomic E-state index is 5.42. The van der Waals surface area contributed by atoms with Crippen LogP contribution in [0.15, 0.2) is 39.3 Å². The van der Waals surface area contributed by atoms with Crippen molar-refractivity contribution in [1.29, 1.82) is 0 Å². The number of hydrogen-bond donors (Lipinski definition) is 1. The maximum atomic E-state index is 5.42. The van der Waals surface area contributed by atoms with Crippen molar-refractivity contribution in [3.63, 3.8) is 0 Å². The van der Waals surface area contributed by atoms with E-state index in [0.29, 0.717) is 5.88 Å². The molecule has 0 unspecified atom stereocenters. The highest BCUT2D eigenvalue weighted by Gasteiger charge is 2.06. The minimum atomic E-state index is 0.325. The van der Waals surface area contributed by atoms with E-state index in [1.165, 1.54) is 0 Å². The molecule has 1 aromatic carbocycles. The van der Waals surface area contributed by atoms with Gasteiger partial charge in [0.25, 0.3) is 0 Å². The molecule has 2 rings (SSSR count). The molecule has 1 aromatic heterocycles. The summed E-state index contributed by atoms with van der Waals surface area (Å²) in [6.45, 7) is 0. The SMILES string of the molecule is Nc1cc(-c2ccccc2Br)no1. The minimum absolute atomic E-state index is 0.325. The second-order valence-electron chi connectivity index (χ2n) is 2.59. The van der Waals surface area contributed by atoms with E-state index in [-0.39, 0.29) is 0 Å². The van der Waals surface area contributed by atoms with Gasteiger partial charge in [-0.25, -0.2) is 0 Å². The number of rotatable bonds is 1. The predicted octanol–water partition coefficient (Wildman–Crippen LogP) is 2.69. The molecule has 0 aliphatic heterocycles. The van der Waals surface area contributed by atoms with E-state index in [1.807, 2.05) is 24.3 Å². The fourth-order valence-electron chi connectivity index (χ4n) is 1.09. The molecule has 0 spiro atoms. The van der Waals surface area contributed by atoms with E-state index in [2.05, 4.69) is 21.1 Å². The molecule has 0 saturated heterocycles. The first kappa shape index (κ1) is 8.31. The molecular weight excluding hydrogens is 232 g/mol. The van der Waals surface area contributed by atoms with Gasteiger partial charge in [0.1, 0.15) is 5.69 Å². The number of anilines is 1. The third-order valence-electron chi connectivity index (χ3n) is 1.68. The lowest BCUT2D eigenvalue weighted by molar-refractivity contribution is 0.439. The summed E-state index contributed by atoms with van der Waals surface area (Å²) >= 11 is 3.42. The predicted molar refractivity (Wildman–Crippen MR) is 54.1 cm³/mol. The molecule has 0 aliphatic carbocycles. The van der Waals surface area contributed by atoms with Crippen molar-refractivity contribution >= 4 is 21.8 Å². The zero-order valence-electron chi connectivity index (χ0n) is 6.70. The number of nitrogen functional groups attached to an aromatic ring is 1. The van der Waals surface area contributed by atoms with Crippen molar-refractivity contribution in [2.75, 3.05) is 5.73 Å². The molecule has 2 N–H and O–H groups in total. The highest BCUT2D eigenvalue weighted by Crippen LogP contribution is 2.27. The largest absolute Gasteiger partial charge is 0.368 e. The standard InChI is InChI=1S/C9H7BrN2O/c10-7-4-2-1-3-6(7)8-5-9(11)13-12-8/h1-5H,11H2. The molecule has 0 amide bonds. The van der Waals surface area contributed by atoms with Gasteiger partial charge in [0, 0.05) is 16.1 Å². The summed E-state index contributed by atoms with van der Waals surface area (Å²) < 4.78 is 5.76. The van der Waals surface area contributed by atoms with Crippen molar-refractivity contribution in [1.82, 2.24) is 5.16 Å². The highest BCUT2D eigenvalue weighted by molar-refractivity contribution is 9.10. The fourth-order valence-corrected chi connectivity index (χ4v) is 1.57. The second kappa shape index (κ2) is 3.22. The van der Waals surface area contributed by atoms with Gasteiger partial charge in [-0.3, -0.25) is 0 Å². The van der Waals surface area contributed by atoms with Crippen molar-refractivity contribution < 1.29 is 4.52 Å². The Kier molecular flexibility index (Phi) is 2.06. The average Bonchev–Trinajstić information content (AvgIpc) is 2.53. The molecule has 3 nitrogen and oxygen atoms in total. The third kappa shape index (κ3) is 1.58.